The van der Waals surface area contributed by atoms with Gasteiger partial charge in [0.15, 0.2) is 11.6 Å². The Kier molecular flexibility index (Phi) is 1.44. The fraction of sp³-hybridized carbons (Fsp3) is 0.200. The lowest BCUT2D eigenvalue weighted by molar-refractivity contribution is -0.296. The van der Waals surface area contributed by atoms with Gasteiger partial charge in [0.25, 0.3) is 0 Å². The van der Waals surface area contributed by atoms with Gasteiger partial charge in [0.1, 0.15) is 6.20 Å². The van der Waals surface area contributed by atoms with Crippen molar-refractivity contribution >= 4 is 0 Å². The molecule has 1 aromatic heterocycles. The zero-order valence-electron chi connectivity index (χ0n) is 4.46. The zero-order valence-corrected chi connectivity index (χ0v) is 5.27. The fourth-order valence-corrected chi connectivity index (χ4v) is 0.486. The monoisotopic (exact) mass is 129 g/mol. The van der Waals surface area contributed by atoms with Crippen molar-refractivity contribution in [1.29, 1.82) is 0 Å². The van der Waals surface area contributed by atoms with Gasteiger partial charge in [-0.3, -0.25) is 4.98 Å². The van der Waals surface area contributed by atoms with Crippen LogP contribution in [0.4, 0.5) is 0 Å². The second-order valence-corrected chi connectivity index (χ2v) is 1.91. The second kappa shape index (κ2) is 2.09. The van der Waals surface area contributed by atoms with E-state index in [2.05, 4.69) is 9.97 Å². The third kappa shape index (κ3) is 1.17. The van der Waals surface area contributed by atoms with Crippen LogP contribution in [0.1, 0.15) is 5.69 Å². The smallest absolute Gasteiger partial charge is 0.252 e. The summed E-state index contributed by atoms with van der Waals surface area (Å²) in [5.41, 5.74) is 0.901. The molecule has 0 aliphatic heterocycles. The lowest BCUT2D eigenvalue weighted by Crippen LogP contribution is -1.82. The molecule has 3 heteroatoms. The van der Waals surface area contributed by atoms with Crippen LogP contribution in [0, 0.1) is 18.5 Å². The Morgan fingerprint density at radius 1 is 1.38 bits per heavy atom. The zero-order chi connectivity index (χ0) is 5.98. The number of hydrogen-bond acceptors (Lipinski definition) is 2. The summed E-state index contributed by atoms with van der Waals surface area (Å²) in [6.07, 6.45) is 3.23. The number of hydrogen-bond donors (Lipinski definition) is 0. The Hall–Kier alpha value is -0.630. The van der Waals surface area contributed by atoms with E-state index in [9.17, 15) is 0 Å². The first-order chi connectivity index (χ1) is 3.79. The van der Waals surface area contributed by atoms with Crippen molar-refractivity contribution in [2.75, 3.05) is 0 Å². The molecule has 0 bridgehead atoms. The lowest BCUT2D eigenvalue weighted by atomic mass is 10.5. The summed E-state index contributed by atoms with van der Waals surface area (Å²) in [4.78, 5) is 7.74. The highest BCUT2D eigenvalue weighted by Gasteiger charge is 1.93. The summed E-state index contributed by atoms with van der Waals surface area (Å²) in [5.74, 6) is 0. The first kappa shape index (κ1) is 5.51. The number of halogens is 1. The minimum Gasteiger partial charge on any atom is -0.252 e. The highest BCUT2D eigenvalue weighted by atomic mass is 35.5. The molecule has 0 atom stereocenters. The fourth-order valence-electron chi connectivity index (χ4n) is 0.381. The van der Waals surface area contributed by atoms with Gasteiger partial charge in [0.2, 0.25) is 0 Å². The van der Waals surface area contributed by atoms with Crippen molar-refractivity contribution in [3.05, 3.63) is 23.2 Å². The third-order valence-electron chi connectivity index (χ3n) is 0.757. The summed E-state index contributed by atoms with van der Waals surface area (Å²) < 4.78 is 0. The number of nitrogens with zero attached hydrogens (tertiary/aromatic N) is 2. The predicted octanol–water partition coefficient (Wildman–Crippen LogP) is 0.481. The molecule has 42 valence electrons. The van der Waals surface area contributed by atoms with Gasteiger partial charge in [-0.15, -0.1) is 0 Å². The van der Waals surface area contributed by atoms with Gasteiger partial charge >= 0.3 is 5.15 Å². The van der Waals surface area contributed by atoms with E-state index in [-0.39, 0.29) is 0 Å². The molecule has 0 fully saturated rings. The standard InChI is InChI=1S/C5H6ClN2/c1-4-2-8-5(6)3-7-4/h2-3,6H,1H3/q+1. The van der Waals surface area contributed by atoms with E-state index in [1.165, 1.54) is 0 Å². The topological polar surface area (TPSA) is 25.8 Å². The van der Waals surface area contributed by atoms with Crippen molar-refractivity contribution in [2.24, 2.45) is 0 Å². The molecule has 2 nitrogen and oxygen atoms in total. The molecule has 8 heavy (non-hydrogen) atoms. The van der Waals surface area contributed by atoms with Crippen molar-refractivity contribution in [2.45, 2.75) is 6.92 Å². The van der Waals surface area contributed by atoms with Crippen LogP contribution in [0.3, 0.4) is 0 Å². The van der Waals surface area contributed by atoms with Crippen LogP contribution in [0.5, 0.6) is 0 Å². The molecule has 0 saturated heterocycles. The van der Waals surface area contributed by atoms with E-state index >= 15 is 0 Å². The van der Waals surface area contributed by atoms with Crippen molar-refractivity contribution in [3.63, 3.8) is 0 Å². The van der Waals surface area contributed by atoms with Crippen LogP contribution in [0.25, 0.3) is 0 Å². The van der Waals surface area contributed by atoms with Gasteiger partial charge in [-0.1, -0.05) is 0 Å². The number of aryl methyl sites for hydroxylation is 1. The average Bonchev–Trinajstić information content (AvgIpc) is 1.77. The van der Waals surface area contributed by atoms with Crippen LogP contribution in [-0.2, 0) is 0 Å². The van der Waals surface area contributed by atoms with E-state index in [0.29, 0.717) is 5.15 Å². The molecule has 0 spiro atoms. The lowest BCUT2D eigenvalue weighted by Gasteiger charge is -1.82. The Morgan fingerprint density at radius 3 is 2.50 bits per heavy atom. The van der Waals surface area contributed by atoms with Crippen molar-refractivity contribution < 1.29 is 11.6 Å². The normalized spacial score (nSPS) is 9.25. The van der Waals surface area contributed by atoms with E-state index < -0.39 is 0 Å². The Balaban J connectivity index is 3.03. The first-order valence-corrected chi connectivity index (χ1v) is 2.65. The summed E-state index contributed by atoms with van der Waals surface area (Å²) in [6, 6.07) is 0. The Bertz CT molecular complexity index is 149. The summed E-state index contributed by atoms with van der Waals surface area (Å²) in [6.45, 7) is 1.88. The molecule has 0 amide bonds. The number of aromatic nitrogens is 2. The second-order valence-electron chi connectivity index (χ2n) is 1.50. The van der Waals surface area contributed by atoms with E-state index in [0.717, 1.165) is 5.69 Å². The molecule has 0 radical (unpaired) electrons. The Labute approximate surface area is 52.5 Å². The molecule has 0 N–H and O–H groups in total. The van der Waals surface area contributed by atoms with Crippen LogP contribution in [0.2, 0.25) is 5.15 Å². The van der Waals surface area contributed by atoms with Gasteiger partial charge in [-0.05, 0) is 6.92 Å². The summed E-state index contributed by atoms with van der Waals surface area (Å²) in [7, 11) is 0. The third-order valence-corrected chi connectivity index (χ3v) is 0.968. The molecule has 1 heterocycles. The maximum Gasteiger partial charge on any atom is 0.336 e. The van der Waals surface area contributed by atoms with Crippen molar-refractivity contribution in [3.8, 4) is 0 Å². The van der Waals surface area contributed by atoms with Gasteiger partial charge in [-0.2, -0.15) is 4.98 Å². The minimum atomic E-state index is 0.551. The highest BCUT2D eigenvalue weighted by molar-refractivity contribution is 4.94. The summed E-state index contributed by atoms with van der Waals surface area (Å²) in [5, 5.41) is 0.551. The van der Waals surface area contributed by atoms with Crippen LogP contribution in [0.15, 0.2) is 12.4 Å². The SMILES string of the molecule is Cc1cnc([ClH+])cn1. The van der Waals surface area contributed by atoms with Gasteiger partial charge in [0, 0.05) is 0 Å². The maximum absolute atomic E-state index is 4.70. The van der Waals surface area contributed by atoms with Crippen LogP contribution < -0.4 is 0 Å². The molecule has 0 saturated carbocycles. The summed E-state index contributed by atoms with van der Waals surface area (Å²) >= 11 is 4.70. The van der Waals surface area contributed by atoms with E-state index in [1.54, 1.807) is 12.4 Å². The van der Waals surface area contributed by atoms with Gasteiger partial charge in [-0.25, -0.2) is 0 Å². The Morgan fingerprint density at radius 2 is 2.12 bits per heavy atom. The molecule has 0 unspecified atom stereocenters. The molecule has 0 aromatic carbocycles. The molecular formula is C5H6ClN2+. The van der Waals surface area contributed by atoms with E-state index in [1.807, 2.05) is 6.92 Å². The van der Waals surface area contributed by atoms with Gasteiger partial charge < -0.3 is 0 Å². The largest absolute Gasteiger partial charge is 0.336 e. The van der Waals surface area contributed by atoms with Crippen molar-refractivity contribution in [1.82, 2.24) is 9.97 Å². The number of rotatable bonds is 0. The highest BCUT2D eigenvalue weighted by Crippen LogP contribution is 1.90. The molecule has 1 rings (SSSR count). The maximum atomic E-state index is 4.70. The predicted molar refractivity (Wildman–Crippen MR) is 27.3 cm³/mol. The minimum absolute atomic E-state index is 0.551. The molecular weight excluding hydrogens is 124 g/mol. The first-order valence-electron chi connectivity index (χ1n) is 2.25. The molecule has 0 aliphatic rings. The van der Waals surface area contributed by atoms with Gasteiger partial charge in [0.05, 0.1) is 11.9 Å². The average molecular weight is 130 g/mol. The van der Waals surface area contributed by atoms with Crippen LogP contribution in [-0.4, -0.2) is 9.97 Å². The van der Waals surface area contributed by atoms with Crippen LogP contribution >= 0.6 is 0 Å². The van der Waals surface area contributed by atoms with E-state index in [4.69, 9.17) is 11.6 Å². The molecule has 0 aliphatic carbocycles. The molecule has 1 aromatic rings. The quantitative estimate of drug-likeness (QED) is 0.509.